The molecule has 0 aliphatic heterocycles. The Morgan fingerprint density at radius 3 is 2.47 bits per heavy atom. The Labute approximate surface area is 119 Å². The maximum atomic E-state index is 8.91. The van der Waals surface area contributed by atoms with E-state index in [4.69, 9.17) is 5.26 Å². The second-order valence-corrected chi connectivity index (χ2v) is 6.65. The van der Waals surface area contributed by atoms with Crippen LogP contribution in [0.2, 0.25) is 0 Å². The van der Waals surface area contributed by atoms with E-state index in [9.17, 15) is 0 Å². The number of hydrogen-bond acceptors (Lipinski definition) is 1. The Hall–Kier alpha value is -0.770. The first-order valence-electron chi connectivity index (χ1n) is 8.42. The van der Waals surface area contributed by atoms with Crippen molar-refractivity contribution in [3.05, 3.63) is 11.6 Å². The standard InChI is InChI=1S/C18H29N/c1-2-3-4-5-15-6-10-17(11-7-15)18-12-8-16(14-19)9-13-18/h8,15,17-18H,2-7,9-13H2,1H3. The molecule has 1 fully saturated rings. The zero-order valence-corrected chi connectivity index (χ0v) is 12.5. The van der Waals surface area contributed by atoms with E-state index in [-0.39, 0.29) is 0 Å². The Balaban J connectivity index is 1.69. The molecule has 2 aliphatic rings. The number of rotatable bonds is 5. The van der Waals surface area contributed by atoms with Crippen LogP contribution in [-0.4, -0.2) is 0 Å². The summed E-state index contributed by atoms with van der Waals surface area (Å²) in [4.78, 5) is 0. The lowest BCUT2D eigenvalue weighted by molar-refractivity contribution is 0.186. The highest BCUT2D eigenvalue weighted by Crippen LogP contribution is 2.40. The molecule has 2 aliphatic carbocycles. The SMILES string of the molecule is CCCCCC1CCC(C2CC=C(C#N)CC2)CC1. The summed E-state index contributed by atoms with van der Waals surface area (Å²) in [6.07, 6.45) is 17.2. The van der Waals surface area contributed by atoms with Crippen molar-refractivity contribution in [3.63, 3.8) is 0 Å². The molecule has 0 amide bonds. The van der Waals surface area contributed by atoms with Gasteiger partial charge in [-0.2, -0.15) is 5.26 Å². The molecule has 2 rings (SSSR count). The van der Waals surface area contributed by atoms with Gasteiger partial charge in [0.2, 0.25) is 0 Å². The molecule has 0 radical (unpaired) electrons. The molecule has 0 saturated heterocycles. The maximum Gasteiger partial charge on any atom is 0.0943 e. The predicted molar refractivity (Wildman–Crippen MR) is 80.6 cm³/mol. The molecule has 1 saturated carbocycles. The van der Waals surface area contributed by atoms with E-state index < -0.39 is 0 Å². The molecular weight excluding hydrogens is 230 g/mol. The summed E-state index contributed by atoms with van der Waals surface area (Å²) < 4.78 is 0. The van der Waals surface area contributed by atoms with Crippen LogP contribution in [0.25, 0.3) is 0 Å². The van der Waals surface area contributed by atoms with Gasteiger partial charge in [0.15, 0.2) is 0 Å². The van der Waals surface area contributed by atoms with Crippen LogP contribution in [0.3, 0.4) is 0 Å². The first-order chi connectivity index (χ1) is 9.33. The van der Waals surface area contributed by atoms with Crippen LogP contribution < -0.4 is 0 Å². The second kappa shape index (κ2) is 7.73. The third-order valence-electron chi connectivity index (χ3n) is 5.37. The van der Waals surface area contributed by atoms with Gasteiger partial charge in [0.05, 0.1) is 6.07 Å². The third-order valence-corrected chi connectivity index (χ3v) is 5.37. The fourth-order valence-electron chi connectivity index (χ4n) is 4.02. The average Bonchev–Trinajstić information content (AvgIpc) is 2.48. The molecule has 0 aromatic rings. The van der Waals surface area contributed by atoms with Gasteiger partial charge in [-0.25, -0.2) is 0 Å². The molecule has 1 atom stereocenters. The molecule has 0 N–H and O–H groups in total. The summed E-state index contributed by atoms with van der Waals surface area (Å²) in [7, 11) is 0. The molecule has 106 valence electrons. The fourth-order valence-corrected chi connectivity index (χ4v) is 4.02. The van der Waals surface area contributed by atoms with Gasteiger partial charge in [-0.05, 0) is 49.9 Å². The number of allylic oxidation sites excluding steroid dienone is 2. The molecule has 0 spiro atoms. The van der Waals surface area contributed by atoms with E-state index in [0.29, 0.717) is 0 Å². The van der Waals surface area contributed by atoms with E-state index in [1.54, 1.807) is 0 Å². The number of nitriles is 1. The van der Waals surface area contributed by atoms with Crippen LogP contribution in [-0.2, 0) is 0 Å². The van der Waals surface area contributed by atoms with Crippen LogP contribution >= 0.6 is 0 Å². The van der Waals surface area contributed by atoms with E-state index in [0.717, 1.165) is 29.7 Å². The maximum absolute atomic E-state index is 8.91. The normalized spacial score (nSPS) is 31.6. The van der Waals surface area contributed by atoms with E-state index in [1.165, 1.54) is 64.2 Å². The fraction of sp³-hybridized carbons (Fsp3) is 0.833. The van der Waals surface area contributed by atoms with Crippen LogP contribution in [0.1, 0.15) is 77.6 Å². The van der Waals surface area contributed by atoms with E-state index in [1.807, 2.05) is 0 Å². The Bertz CT molecular complexity index is 328. The zero-order chi connectivity index (χ0) is 13.5. The zero-order valence-electron chi connectivity index (χ0n) is 12.5. The first-order valence-corrected chi connectivity index (χ1v) is 8.42. The van der Waals surface area contributed by atoms with Crippen molar-refractivity contribution < 1.29 is 0 Å². The Kier molecular flexibility index (Phi) is 5.95. The van der Waals surface area contributed by atoms with Gasteiger partial charge in [0.1, 0.15) is 0 Å². The monoisotopic (exact) mass is 259 g/mol. The van der Waals surface area contributed by atoms with Gasteiger partial charge in [-0.15, -0.1) is 0 Å². The second-order valence-electron chi connectivity index (χ2n) is 6.65. The van der Waals surface area contributed by atoms with Crippen molar-refractivity contribution in [2.75, 3.05) is 0 Å². The minimum atomic E-state index is 0.883. The molecule has 1 unspecified atom stereocenters. The minimum absolute atomic E-state index is 0.883. The lowest BCUT2D eigenvalue weighted by Gasteiger charge is -2.35. The summed E-state index contributed by atoms with van der Waals surface area (Å²) in [5.74, 6) is 2.87. The van der Waals surface area contributed by atoms with Gasteiger partial charge >= 0.3 is 0 Å². The summed E-state index contributed by atoms with van der Waals surface area (Å²) in [5, 5.41) is 8.91. The minimum Gasteiger partial charge on any atom is -0.193 e. The van der Waals surface area contributed by atoms with Crippen molar-refractivity contribution in [2.24, 2.45) is 17.8 Å². The molecular formula is C18H29N. The highest BCUT2D eigenvalue weighted by atomic mass is 14.3. The number of unbranched alkanes of at least 4 members (excludes halogenated alkanes) is 2. The highest BCUT2D eigenvalue weighted by Gasteiger charge is 2.28. The molecule has 0 heterocycles. The Morgan fingerprint density at radius 1 is 1.11 bits per heavy atom. The van der Waals surface area contributed by atoms with Crippen molar-refractivity contribution in [1.29, 1.82) is 5.26 Å². The van der Waals surface area contributed by atoms with Gasteiger partial charge in [0.25, 0.3) is 0 Å². The highest BCUT2D eigenvalue weighted by molar-refractivity contribution is 5.22. The quantitative estimate of drug-likeness (QED) is 0.587. The van der Waals surface area contributed by atoms with E-state index in [2.05, 4.69) is 19.1 Å². The van der Waals surface area contributed by atoms with Gasteiger partial charge in [-0.3, -0.25) is 0 Å². The summed E-state index contributed by atoms with van der Waals surface area (Å²) in [6.45, 7) is 2.29. The third kappa shape index (κ3) is 4.37. The van der Waals surface area contributed by atoms with Crippen LogP contribution in [0.15, 0.2) is 11.6 Å². The molecule has 0 aromatic carbocycles. The molecule has 19 heavy (non-hydrogen) atoms. The number of nitrogens with zero attached hydrogens (tertiary/aromatic N) is 1. The van der Waals surface area contributed by atoms with Gasteiger partial charge < -0.3 is 0 Å². The lowest BCUT2D eigenvalue weighted by Crippen LogP contribution is -2.23. The average molecular weight is 259 g/mol. The topological polar surface area (TPSA) is 23.8 Å². The smallest absolute Gasteiger partial charge is 0.0943 e. The van der Waals surface area contributed by atoms with E-state index >= 15 is 0 Å². The first kappa shape index (κ1) is 14.6. The predicted octanol–water partition coefficient (Wildman–Crippen LogP) is 5.62. The summed E-state index contributed by atoms with van der Waals surface area (Å²) >= 11 is 0. The van der Waals surface area contributed by atoms with Crippen molar-refractivity contribution in [2.45, 2.75) is 77.6 Å². The van der Waals surface area contributed by atoms with Gasteiger partial charge in [-0.1, -0.05) is 51.5 Å². The molecule has 1 nitrogen and oxygen atoms in total. The van der Waals surface area contributed by atoms with Gasteiger partial charge in [0, 0.05) is 5.57 Å². The van der Waals surface area contributed by atoms with Crippen molar-refractivity contribution in [1.82, 2.24) is 0 Å². The van der Waals surface area contributed by atoms with Crippen LogP contribution in [0.5, 0.6) is 0 Å². The molecule has 0 bridgehead atoms. The van der Waals surface area contributed by atoms with Crippen molar-refractivity contribution >= 4 is 0 Å². The summed E-state index contributed by atoms with van der Waals surface area (Å²) in [5.41, 5.74) is 1.03. The lowest BCUT2D eigenvalue weighted by atomic mass is 9.71. The van der Waals surface area contributed by atoms with Crippen LogP contribution in [0.4, 0.5) is 0 Å². The summed E-state index contributed by atoms with van der Waals surface area (Å²) in [6, 6.07) is 2.32. The van der Waals surface area contributed by atoms with Crippen LogP contribution in [0, 0.1) is 29.1 Å². The van der Waals surface area contributed by atoms with Crippen molar-refractivity contribution in [3.8, 4) is 6.07 Å². The molecule has 0 aromatic heterocycles. The largest absolute Gasteiger partial charge is 0.193 e. The molecule has 1 heteroatoms. The number of hydrogen-bond donors (Lipinski definition) is 0. The Morgan fingerprint density at radius 2 is 1.89 bits per heavy atom.